The van der Waals surface area contributed by atoms with E-state index in [1.54, 1.807) is 30.6 Å². The molecule has 98 valence electrons. The molecule has 2 rings (SSSR count). The van der Waals surface area contributed by atoms with Gasteiger partial charge in [-0.1, -0.05) is 23.2 Å². The fraction of sp³-hybridized carbons (Fsp3) is 0.154. The molecule has 19 heavy (non-hydrogen) atoms. The monoisotopic (exact) mass is 295 g/mol. The van der Waals surface area contributed by atoms with Crippen LogP contribution in [-0.2, 0) is 6.42 Å². The first kappa shape index (κ1) is 13.8. The zero-order valence-corrected chi connectivity index (χ0v) is 11.4. The van der Waals surface area contributed by atoms with Gasteiger partial charge in [0.1, 0.15) is 6.33 Å². The van der Waals surface area contributed by atoms with Gasteiger partial charge in [-0.25, -0.2) is 9.97 Å². The summed E-state index contributed by atoms with van der Waals surface area (Å²) in [4.78, 5) is 19.7. The molecule has 1 aromatic heterocycles. The van der Waals surface area contributed by atoms with Gasteiger partial charge >= 0.3 is 0 Å². The lowest BCUT2D eigenvalue weighted by molar-refractivity contribution is 0.0954. The average molecular weight is 296 g/mol. The summed E-state index contributed by atoms with van der Waals surface area (Å²) in [5.41, 5.74) is 1.38. The Labute approximate surface area is 120 Å². The maximum Gasteiger partial charge on any atom is 0.252 e. The third-order valence-corrected chi connectivity index (χ3v) is 3.04. The first-order valence-electron chi connectivity index (χ1n) is 5.64. The Balaban J connectivity index is 1.91. The fourth-order valence-electron chi connectivity index (χ4n) is 1.55. The quantitative estimate of drug-likeness (QED) is 0.944. The molecule has 0 bridgehead atoms. The maximum absolute atomic E-state index is 11.9. The first-order valence-corrected chi connectivity index (χ1v) is 6.39. The number of amides is 1. The second kappa shape index (κ2) is 6.50. The largest absolute Gasteiger partial charge is 0.352 e. The Morgan fingerprint density at radius 2 is 1.95 bits per heavy atom. The van der Waals surface area contributed by atoms with Crippen LogP contribution in [0, 0.1) is 0 Å². The van der Waals surface area contributed by atoms with E-state index in [9.17, 15) is 4.79 Å². The minimum Gasteiger partial charge on any atom is -0.352 e. The van der Waals surface area contributed by atoms with Crippen molar-refractivity contribution in [3.05, 3.63) is 58.1 Å². The molecule has 1 aromatic carbocycles. The van der Waals surface area contributed by atoms with Gasteiger partial charge in [0.15, 0.2) is 0 Å². The van der Waals surface area contributed by atoms with Crippen LogP contribution >= 0.6 is 23.2 Å². The van der Waals surface area contributed by atoms with E-state index in [4.69, 9.17) is 23.2 Å². The molecule has 0 atom stereocenters. The number of nitrogens with zero attached hydrogens (tertiary/aromatic N) is 2. The van der Waals surface area contributed by atoms with Crippen molar-refractivity contribution in [2.45, 2.75) is 6.42 Å². The van der Waals surface area contributed by atoms with Crippen molar-refractivity contribution >= 4 is 29.1 Å². The number of benzene rings is 1. The van der Waals surface area contributed by atoms with E-state index in [0.717, 1.165) is 5.56 Å². The average Bonchev–Trinajstić information content (AvgIpc) is 2.39. The van der Waals surface area contributed by atoms with Gasteiger partial charge < -0.3 is 5.32 Å². The summed E-state index contributed by atoms with van der Waals surface area (Å²) >= 11 is 11.7. The Morgan fingerprint density at radius 1 is 1.21 bits per heavy atom. The molecular formula is C13H11Cl2N3O. The number of carbonyl (C=O) groups excluding carboxylic acids is 1. The second-order valence-corrected chi connectivity index (χ2v) is 4.72. The second-order valence-electron chi connectivity index (χ2n) is 3.88. The number of nitrogens with one attached hydrogen (secondary N) is 1. The molecule has 0 saturated carbocycles. The van der Waals surface area contributed by atoms with Crippen molar-refractivity contribution in [1.82, 2.24) is 15.3 Å². The van der Waals surface area contributed by atoms with E-state index in [2.05, 4.69) is 15.3 Å². The van der Waals surface area contributed by atoms with Crippen molar-refractivity contribution in [1.29, 1.82) is 0 Å². The molecule has 2 aromatic rings. The summed E-state index contributed by atoms with van der Waals surface area (Å²) < 4.78 is 0. The molecule has 0 aliphatic heterocycles. The highest BCUT2D eigenvalue weighted by atomic mass is 35.5. The molecule has 0 aliphatic rings. The number of halogens is 2. The van der Waals surface area contributed by atoms with Crippen LogP contribution in [0.25, 0.3) is 0 Å². The lowest BCUT2D eigenvalue weighted by Crippen LogP contribution is -2.26. The van der Waals surface area contributed by atoms with Crippen molar-refractivity contribution in [2.24, 2.45) is 0 Å². The summed E-state index contributed by atoms with van der Waals surface area (Å²) in [5, 5.41) is 3.63. The third kappa shape index (κ3) is 3.91. The Morgan fingerprint density at radius 3 is 2.63 bits per heavy atom. The van der Waals surface area contributed by atoms with Gasteiger partial charge in [0.2, 0.25) is 0 Å². The van der Waals surface area contributed by atoms with Crippen molar-refractivity contribution in [3.63, 3.8) is 0 Å². The molecule has 0 saturated heterocycles. The Hall–Kier alpha value is -1.65. The molecule has 0 aliphatic carbocycles. The van der Waals surface area contributed by atoms with Crippen LogP contribution in [0.4, 0.5) is 0 Å². The van der Waals surface area contributed by atoms with Crippen molar-refractivity contribution in [2.75, 3.05) is 6.54 Å². The molecule has 0 spiro atoms. The number of hydrogen-bond donors (Lipinski definition) is 1. The minimum absolute atomic E-state index is 0.224. The van der Waals surface area contributed by atoms with Crippen LogP contribution in [0.5, 0.6) is 0 Å². The maximum atomic E-state index is 11.9. The lowest BCUT2D eigenvalue weighted by Gasteiger charge is -2.06. The van der Waals surface area contributed by atoms with Crippen LogP contribution in [-0.4, -0.2) is 22.4 Å². The van der Waals surface area contributed by atoms with E-state index in [1.165, 1.54) is 6.33 Å². The zero-order chi connectivity index (χ0) is 13.7. The highest BCUT2D eigenvalue weighted by Gasteiger charge is 2.09. The number of rotatable bonds is 4. The Kier molecular flexibility index (Phi) is 4.71. The van der Waals surface area contributed by atoms with Gasteiger partial charge in [0.25, 0.3) is 5.91 Å². The molecule has 6 heteroatoms. The summed E-state index contributed by atoms with van der Waals surface area (Å²) in [6.45, 7) is 0.491. The predicted octanol–water partition coefficient (Wildman–Crippen LogP) is 2.76. The molecule has 1 heterocycles. The van der Waals surface area contributed by atoms with Gasteiger partial charge in [0, 0.05) is 24.0 Å². The van der Waals surface area contributed by atoms with Gasteiger partial charge in [-0.15, -0.1) is 0 Å². The molecule has 0 fully saturated rings. The van der Waals surface area contributed by atoms with Crippen LogP contribution in [0.3, 0.4) is 0 Å². The normalized spacial score (nSPS) is 10.2. The van der Waals surface area contributed by atoms with Crippen LogP contribution in [0.1, 0.15) is 15.9 Å². The summed E-state index contributed by atoms with van der Waals surface area (Å²) in [7, 11) is 0. The number of carbonyl (C=O) groups is 1. The van der Waals surface area contributed by atoms with E-state index in [1.807, 2.05) is 0 Å². The van der Waals surface area contributed by atoms with E-state index in [0.29, 0.717) is 28.6 Å². The minimum atomic E-state index is -0.224. The molecule has 4 nitrogen and oxygen atoms in total. The molecule has 1 amide bonds. The highest BCUT2D eigenvalue weighted by Crippen LogP contribution is 2.20. The summed E-state index contributed by atoms with van der Waals surface area (Å²) in [6.07, 6.45) is 5.57. The molecular weight excluding hydrogens is 285 g/mol. The lowest BCUT2D eigenvalue weighted by atomic mass is 10.2. The third-order valence-electron chi connectivity index (χ3n) is 2.49. The molecule has 0 radical (unpaired) electrons. The summed E-state index contributed by atoms with van der Waals surface area (Å²) in [5.74, 6) is -0.224. The molecule has 0 unspecified atom stereocenters. The van der Waals surface area contributed by atoms with Crippen LogP contribution < -0.4 is 5.32 Å². The van der Waals surface area contributed by atoms with E-state index in [-0.39, 0.29) is 5.91 Å². The standard InChI is InChI=1S/C13H11Cl2N3O/c14-10-1-2-11(12(15)5-10)13(19)18-4-3-9-6-16-8-17-7-9/h1-2,5-8H,3-4H2,(H,18,19). The molecule has 1 N–H and O–H groups in total. The van der Waals surface area contributed by atoms with Crippen molar-refractivity contribution in [3.8, 4) is 0 Å². The Bertz CT molecular complexity index is 575. The zero-order valence-electron chi connectivity index (χ0n) is 9.94. The predicted molar refractivity (Wildman–Crippen MR) is 74.5 cm³/mol. The van der Waals surface area contributed by atoms with E-state index < -0.39 is 0 Å². The SMILES string of the molecule is O=C(NCCc1cncnc1)c1ccc(Cl)cc1Cl. The number of aromatic nitrogens is 2. The summed E-state index contributed by atoms with van der Waals surface area (Å²) in [6, 6.07) is 4.78. The van der Waals surface area contributed by atoms with Gasteiger partial charge in [0.05, 0.1) is 10.6 Å². The smallest absolute Gasteiger partial charge is 0.252 e. The first-order chi connectivity index (χ1) is 9.16. The fourth-order valence-corrected chi connectivity index (χ4v) is 2.04. The van der Waals surface area contributed by atoms with Crippen LogP contribution in [0.2, 0.25) is 10.0 Å². The van der Waals surface area contributed by atoms with Crippen LogP contribution in [0.15, 0.2) is 36.9 Å². The van der Waals surface area contributed by atoms with Gasteiger partial charge in [-0.05, 0) is 30.2 Å². The number of hydrogen-bond acceptors (Lipinski definition) is 3. The van der Waals surface area contributed by atoms with Gasteiger partial charge in [-0.3, -0.25) is 4.79 Å². The van der Waals surface area contributed by atoms with Gasteiger partial charge in [-0.2, -0.15) is 0 Å². The van der Waals surface area contributed by atoms with E-state index >= 15 is 0 Å². The highest BCUT2D eigenvalue weighted by molar-refractivity contribution is 6.36. The topological polar surface area (TPSA) is 54.9 Å². The van der Waals surface area contributed by atoms with Crippen molar-refractivity contribution < 1.29 is 4.79 Å².